The third-order valence-electron chi connectivity index (χ3n) is 3.97. The van der Waals surface area contributed by atoms with Crippen molar-refractivity contribution in [1.29, 1.82) is 0 Å². The molecule has 2 fully saturated rings. The number of likely N-dealkylation sites (tertiary alicyclic amines) is 1. The van der Waals surface area contributed by atoms with Crippen molar-refractivity contribution in [3.8, 4) is 11.5 Å². The molecular formula is C15H22N2O2. The largest absolute Gasteiger partial charge is 0.493 e. The molecule has 0 bridgehead atoms. The van der Waals surface area contributed by atoms with Gasteiger partial charge in [-0.25, -0.2) is 0 Å². The molecule has 0 spiro atoms. The molecule has 3 rings (SSSR count). The zero-order valence-electron chi connectivity index (χ0n) is 11.7. The molecular weight excluding hydrogens is 240 g/mol. The van der Waals surface area contributed by atoms with Crippen LogP contribution < -0.4 is 14.8 Å². The predicted octanol–water partition coefficient (Wildman–Crippen LogP) is 1.81. The van der Waals surface area contributed by atoms with Crippen molar-refractivity contribution in [2.24, 2.45) is 0 Å². The van der Waals surface area contributed by atoms with E-state index >= 15 is 0 Å². The first-order valence-corrected chi connectivity index (χ1v) is 7.03. The van der Waals surface area contributed by atoms with Crippen LogP contribution in [0.2, 0.25) is 0 Å². The molecule has 4 heteroatoms. The van der Waals surface area contributed by atoms with E-state index in [1.54, 1.807) is 7.11 Å². The Kier molecular flexibility index (Phi) is 3.62. The van der Waals surface area contributed by atoms with Crippen molar-refractivity contribution in [2.75, 3.05) is 33.8 Å². The molecule has 4 nitrogen and oxygen atoms in total. The summed E-state index contributed by atoms with van der Waals surface area (Å²) in [7, 11) is 3.81. The van der Waals surface area contributed by atoms with Crippen LogP contribution in [0.5, 0.6) is 11.5 Å². The number of nitrogens with one attached hydrogen (secondary N) is 1. The maximum absolute atomic E-state index is 5.97. The highest BCUT2D eigenvalue weighted by Gasteiger charge is 2.26. The molecule has 1 aromatic carbocycles. The number of ether oxygens (including phenoxy) is 2. The zero-order chi connectivity index (χ0) is 13.2. The highest BCUT2D eigenvalue weighted by Crippen LogP contribution is 2.34. The van der Waals surface area contributed by atoms with Gasteiger partial charge in [0.1, 0.15) is 6.10 Å². The van der Waals surface area contributed by atoms with Gasteiger partial charge in [0, 0.05) is 19.1 Å². The van der Waals surface area contributed by atoms with Crippen molar-refractivity contribution in [2.45, 2.75) is 25.0 Å². The Bertz CT molecular complexity index is 438. The van der Waals surface area contributed by atoms with Crippen LogP contribution >= 0.6 is 0 Å². The molecule has 2 heterocycles. The average Bonchev–Trinajstić information content (AvgIpc) is 2.91. The third-order valence-corrected chi connectivity index (χ3v) is 3.97. The summed E-state index contributed by atoms with van der Waals surface area (Å²) in [5.41, 5.74) is 1.30. The van der Waals surface area contributed by atoms with Crippen LogP contribution in [0.1, 0.15) is 24.4 Å². The van der Waals surface area contributed by atoms with E-state index < -0.39 is 0 Å². The van der Waals surface area contributed by atoms with E-state index in [1.165, 1.54) is 18.4 Å². The van der Waals surface area contributed by atoms with E-state index in [-0.39, 0.29) is 0 Å². The van der Waals surface area contributed by atoms with Crippen LogP contribution in [-0.4, -0.2) is 44.8 Å². The lowest BCUT2D eigenvalue weighted by Crippen LogP contribution is -2.51. The SMILES string of the molecule is COc1cc(C2CCCN2)ccc1OC1CN(C)C1. The fourth-order valence-corrected chi connectivity index (χ4v) is 2.86. The summed E-state index contributed by atoms with van der Waals surface area (Å²) >= 11 is 0. The number of methoxy groups -OCH3 is 1. The minimum atomic E-state index is 0.300. The fourth-order valence-electron chi connectivity index (χ4n) is 2.86. The minimum Gasteiger partial charge on any atom is -0.493 e. The number of nitrogens with zero attached hydrogens (tertiary/aromatic N) is 1. The van der Waals surface area contributed by atoms with Gasteiger partial charge in [0.25, 0.3) is 0 Å². The van der Waals surface area contributed by atoms with Crippen LogP contribution in [0.3, 0.4) is 0 Å². The highest BCUT2D eigenvalue weighted by atomic mass is 16.5. The van der Waals surface area contributed by atoms with Gasteiger partial charge in [-0.1, -0.05) is 6.07 Å². The Morgan fingerprint density at radius 1 is 1.26 bits per heavy atom. The molecule has 2 saturated heterocycles. The number of benzene rings is 1. The van der Waals surface area contributed by atoms with E-state index in [2.05, 4.69) is 29.4 Å². The van der Waals surface area contributed by atoms with E-state index in [9.17, 15) is 0 Å². The fraction of sp³-hybridized carbons (Fsp3) is 0.600. The summed E-state index contributed by atoms with van der Waals surface area (Å²) in [4.78, 5) is 2.24. The second-order valence-corrected chi connectivity index (χ2v) is 5.52. The molecule has 0 radical (unpaired) electrons. The lowest BCUT2D eigenvalue weighted by atomic mass is 10.0. The maximum atomic E-state index is 5.97. The van der Waals surface area contributed by atoms with Crippen molar-refractivity contribution in [3.63, 3.8) is 0 Å². The topological polar surface area (TPSA) is 33.7 Å². The van der Waals surface area contributed by atoms with Crippen LogP contribution in [0.15, 0.2) is 18.2 Å². The normalized spacial score (nSPS) is 24.2. The number of likely N-dealkylation sites (N-methyl/N-ethyl adjacent to an activating group) is 1. The van der Waals surface area contributed by atoms with Gasteiger partial charge in [-0.3, -0.25) is 4.90 Å². The summed E-state index contributed by atoms with van der Waals surface area (Å²) in [6, 6.07) is 6.79. The first kappa shape index (κ1) is 12.8. The monoisotopic (exact) mass is 262 g/mol. The molecule has 104 valence electrons. The summed E-state index contributed by atoms with van der Waals surface area (Å²) in [5.74, 6) is 1.71. The molecule has 2 aliphatic heterocycles. The average molecular weight is 262 g/mol. The van der Waals surface area contributed by atoms with Crippen molar-refractivity contribution in [3.05, 3.63) is 23.8 Å². The number of hydrogen-bond acceptors (Lipinski definition) is 4. The van der Waals surface area contributed by atoms with Gasteiger partial charge in [-0.2, -0.15) is 0 Å². The lowest BCUT2D eigenvalue weighted by molar-refractivity contribution is 0.0369. The third kappa shape index (κ3) is 2.69. The van der Waals surface area contributed by atoms with E-state index in [0.29, 0.717) is 12.1 Å². The van der Waals surface area contributed by atoms with E-state index in [4.69, 9.17) is 9.47 Å². The number of hydrogen-bond donors (Lipinski definition) is 1. The van der Waals surface area contributed by atoms with Gasteiger partial charge in [0.15, 0.2) is 11.5 Å². The van der Waals surface area contributed by atoms with Gasteiger partial charge in [0.2, 0.25) is 0 Å². The highest BCUT2D eigenvalue weighted by molar-refractivity contribution is 5.44. The molecule has 0 aromatic heterocycles. The van der Waals surface area contributed by atoms with Gasteiger partial charge in [0.05, 0.1) is 7.11 Å². The molecule has 0 amide bonds. The second-order valence-electron chi connectivity index (χ2n) is 5.52. The minimum absolute atomic E-state index is 0.300. The standard InChI is InChI=1S/C15H22N2O2/c1-17-9-12(10-17)19-14-6-5-11(8-15(14)18-2)13-4-3-7-16-13/h5-6,8,12-13,16H,3-4,7,9-10H2,1-2H3. The molecule has 0 aliphatic carbocycles. The summed E-state index contributed by atoms with van der Waals surface area (Å²) in [6.45, 7) is 3.10. The molecule has 1 atom stereocenters. The molecule has 0 saturated carbocycles. The summed E-state index contributed by atoms with van der Waals surface area (Å²) in [6.07, 6.45) is 2.76. The number of rotatable bonds is 4. The first-order valence-electron chi connectivity index (χ1n) is 7.03. The van der Waals surface area contributed by atoms with Crippen LogP contribution in [0, 0.1) is 0 Å². The van der Waals surface area contributed by atoms with Gasteiger partial charge < -0.3 is 14.8 Å². The summed E-state index contributed by atoms with van der Waals surface area (Å²) in [5, 5.41) is 3.51. The Labute approximate surface area is 114 Å². The molecule has 1 aromatic rings. The Hall–Kier alpha value is -1.26. The Morgan fingerprint density at radius 2 is 2.11 bits per heavy atom. The van der Waals surface area contributed by atoms with Crippen molar-refractivity contribution in [1.82, 2.24) is 10.2 Å². The van der Waals surface area contributed by atoms with Crippen LogP contribution in [0.25, 0.3) is 0 Å². The zero-order valence-corrected chi connectivity index (χ0v) is 11.7. The summed E-state index contributed by atoms with van der Waals surface area (Å²) < 4.78 is 11.4. The predicted molar refractivity (Wildman–Crippen MR) is 74.9 cm³/mol. The Balaban J connectivity index is 1.73. The smallest absolute Gasteiger partial charge is 0.161 e. The van der Waals surface area contributed by atoms with Crippen LogP contribution in [-0.2, 0) is 0 Å². The second kappa shape index (κ2) is 5.39. The van der Waals surface area contributed by atoms with Gasteiger partial charge in [-0.15, -0.1) is 0 Å². The molecule has 19 heavy (non-hydrogen) atoms. The molecule has 1 N–H and O–H groups in total. The van der Waals surface area contributed by atoms with Gasteiger partial charge in [-0.05, 0) is 44.1 Å². The first-order chi connectivity index (χ1) is 9.26. The van der Waals surface area contributed by atoms with Crippen molar-refractivity contribution < 1.29 is 9.47 Å². The van der Waals surface area contributed by atoms with E-state index in [0.717, 1.165) is 31.1 Å². The van der Waals surface area contributed by atoms with Gasteiger partial charge >= 0.3 is 0 Å². The molecule has 2 aliphatic rings. The van der Waals surface area contributed by atoms with Crippen molar-refractivity contribution >= 4 is 0 Å². The van der Waals surface area contributed by atoms with Crippen LogP contribution in [0.4, 0.5) is 0 Å². The Morgan fingerprint density at radius 3 is 2.74 bits per heavy atom. The van der Waals surface area contributed by atoms with E-state index in [1.807, 2.05) is 6.07 Å². The maximum Gasteiger partial charge on any atom is 0.161 e. The molecule has 1 unspecified atom stereocenters. The quantitative estimate of drug-likeness (QED) is 0.897. The lowest BCUT2D eigenvalue weighted by Gasteiger charge is -2.36.